The molecule has 0 aromatic heterocycles. The maximum absolute atomic E-state index is 10.9. The van der Waals surface area contributed by atoms with Crippen LogP contribution in [0.2, 0.25) is 0 Å². The number of likely N-dealkylation sites (tertiary alicyclic amines) is 1. The smallest absolute Gasteiger partial charge is 0.407 e. The van der Waals surface area contributed by atoms with Gasteiger partial charge >= 0.3 is 6.09 Å². The molecule has 1 atom stereocenters. The second-order valence-electron chi connectivity index (χ2n) is 4.91. The van der Waals surface area contributed by atoms with Gasteiger partial charge in [0.2, 0.25) is 0 Å². The number of nitrogens with zero attached hydrogens (tertiary/aromatic N) is 1. The molecule has 0 bridgehead atoms. The third kappa shape index (κ3) is 1.95. The molecule has 3 heteroatoms. The minimum absolute atomic E-state index is 0.180. The summed E-state index contributed by atoms with van der Waals surface area (Å²) in [6.45, 7) is 9.02. The maximum atomic E-state index is 10.9. The Labute approximate surface area is 79.7 Å². The summed E-state index contributed by atoms with van der Waals surface area (Å²) >= 11 is 0. The monoisotopic (exact) mass is 185 g/mol. The van der Waals surface area contributed by atoms with E-state index < -0.39 is 6.09 Å². The van der Waals surface area contributed by atoms with Crippen LogP contribution in [-0.4, -0.2) is 28.2 Å². The second kappa shape index (κ2) is 3.20. The SMILES string of the molecule is CC(C)C1CN(C(=O)O)C(C)(C)C1. The van der Waals surface area contributed by atoms with Gasteiger partial charge < -0.3 is 10.0 Å². The average Bonchev–Trinajstić information content (AvgIpc) is 2.25. The first kappa shape index (κ1) is 10.4. The van der Waals surface area contributed by atoms with Crippen LogP contribution in [0.25, 0.3) is 0 Å². The van der Waals surface area contributed by atoms with Crippen LogP contribution in [0.4, 0.5) is 4.79 Å². The molecule has 0 aromatic rings. The van der Waals surface area contributed by atoms with Gasteiger partial charge in [-0.3, -0.25) is 0 Å². The third-order valence-electron chi connectivity index (χ3n) is 3.08. The molecule has 0 radical (unpaired) electrons. The summed E-state index contributed by atoms with van der Waals surface area (Å²) in [5, 5.41) is 8.97. The molecule has 1 rings (SSSR count). The summed E-state index contributed by atoms with van der Waals surface area (Å²) in [5.41, 5.74) is -0.180. The molecular formula is C10H19NO2. The summed E-state index contributed by atoms with van der Waals surface area (Å²) in [7, 11) is 0. The quantitative estimate of drug-likeness (QED) is 0.681. The standard InChI is InChI=1S/C10H19NO2/c1-7(2)8-5-10(3,4)11(6-8)9(12)13/h7-8H,5-6H2,1-4H3,(H,12,13). The Hall–Kier alpha value is -0.730. The number of carbonyl (C=O) groups is 1. The first-order valence-electron chi connectivity index (χ1n) is 4.85. The van der Waals surface area contributed by atoms with Crippen molar-refractivity contribution >= 4 is 6.09 Å². The van der Waals surface area contributed by atoms with E-state index in [0.29, 0.717) is 18.4 Å². The molecule has 1 aliphatic rings. The van der Waals surface area contributed by atoms with Gasteiger partial charge in [0.25, 0.3) is 0 Å². The van der Waals surface area contributed by atoms with E-state index in [1.54, 1.807) is 4.90 Å². The first-order valence-corrected chi connectivity index (χ1v) is 4.85. The van der Waals surface area contributed by atoms with E-state index in [4.69, 9.17) is 5.11 Å². The lowest BCUT2D eigenvalue weighted by Crippen LogP contribution is -2.41. The zero-order valence-electron chi connectivity index (χ0n) is 8.87. The van der Waals surface area contributed by atoms with Crippen LogP contribution < -0.4 is 0 Å². The Morgan fingerprint density at radius 3 is 2.31 bits per heavy atom. The number of hydrogen-bond acceptors (Lipinski definition) is 1. The van der Waals surface area contributed by atoms with Crippen LogP contribution in [0.3, 0.4) is 0 Å². The van der Waals surface area contributed by atoms with Crippen LogP contribution in [0.1, 0.15) is 34.1 Å². The van der Waals surface area contributed by atoms with Crippen molar-refractivity contribution in [2.24, 2.45) is 11.8 Å². The fourth-order valence-electron chi connectivity index (χ4n) is 2.08. The van der Waals surface area contributed by atoms with Gasteiger partial charge in [-0.05, 0) is 32.1 Å². The van der Waals surface area contributed by atoms with Crippen LogP contribution in [0.5, 0.6) is 0 Å². The van der Waals surface area contributed by atoms with Gasteiger partial charge in [0, 0.05) is 12.1 Å². The summed E-state index contributed by atoms with van der Waals surface area (Å²) in [4.78, 5) is 12.5. The molecular weight excluding hydrogens is 166 g/mol. The van der Waals surface area contributed by atoms with Crippen molar-refractivity contribution in [3.8, 4) is 0 Å². The van der Waals surface area contributed by atoms with E-state index in [9.17, 15) is 4.79 Å². The largest absolute Gasteiger partial charge is 0.465 e. The molecule has 1 unspecified atom stereocenters. The van der Waals surface area contributed by atoms with E-state index >= 15 is 0 Å². The van der Waals surface area contributed by atoms with E-state index in [1.807, 2.05) is 13.8 Å². The van der Waals surface area contributed by atoms with Crippen molar-refractivity contribution in [1.82, 2.24) is 4.90 Å². The van der Waals surface area contributed by atoms with Crippen molar-refractivity contribution < 1.29 is 9.90 Å². The molecule has 0 aromatic carbocycles. The summed E-state index contributed by atoms with van der Waals surface area (Å²) in [6.07, 6.45) is 0.199. The molecule has 0 aliphatic carbocycles. The predicted molar refractivity (Wildman–Crippen MR) is 51.8 cm³/mol. The molecule has 1 fully saturated rings. The summed E-state index contributed by atoms with van der Waals surface area (Å²) in [5.74, 6) is 1.09. The lowest BCUT2D eigenvalue weighted by atomic mass is 9.89. The van der Waals surface area contributed by atoms with Crippen molar-refractivity contribution in [3.05, 3.63) is 0 Å². The second-order valence-corrected chi connectivity index (χ2v) is 4.91. The van der Waals surface area contributed by atoms with Gasteiger partial charge in [0.05, 0.1) is 0 Å². The highest BCUT2D eigenvalue weighted by Gasteiger charge is 2.41. The Kier molecular flexibility index (Phi) is 2.55. The highest BCUT2D eigenvalue weighted by Crippen LogP contribution is 2.36. The topological polar surface area (TPSA) is 40.5 Å². The first-order chi connectivity index (χ1) is 5.84. The fourth-order valence-corrected chi connectivity index (χ4v) is 2.08. The molecule has 0 spiro atoms. The molecule has 3 nitrogen and oxygen atoms in total. The van der Waals surface area contributed by atoms with Crippen molar-refractivity contribution in [2.75, 3.05) is 6.54 Å². The van der Waals surface area contributed by atoms with Gasteiger partial charge in [-0.25, -0.2) is 4.79 Å². The van der Waals surface area contributed by atoms with Crippen molar-refractivity contribution in [1.29, 1.82) is 0 Å². The zero-order chi connectivity index (χ0) is 10.2. The Morgan fingerprint density at radius 2 is 2.08 bits per heavy atom. The minimum atomic E-state index is -0.784. The maximum Gasteiger partial charge on any atom is 0.407 e. The van der Waals surface area contributed by atoms with Crippen LogP contribution in [0.15, 0.2) is 0 Å². The normalized spacial score (nSPS) is 26.8. The Bertz CT molecular complexity index is 211. The number of amides is 1. The zero-order valence-corrected chi connectivity index (χ0v) is 8.87. The van der Waals surface area contributed by atoms with Crippen LogP contribution in [-0.2, 0) is 0 Å². The van der Waals surface area contributed by atoms with Crippen LogP contribution in [0, 0.1) is 11.8 Å². The van der Waals surface area contributed by atoms with Gasteiger partial charge in [-0.2, -0.15) is 0 Å². The third-order valence-corrected chi connectivity index (χ3v) is 3.08. The van der Waals surface area contributed by atoms with Gasteiger partial charge in [0.1, 0.15) is 0 Å². The lowest BCUT2D eigenvalue weighted by Gasteiger charge is -2.28. The summed E-state index contributed by atoms with van der Waals surface area (Å²) < 4.78 is 0. The van der Waals surface area contributed by atoms with E-state index in [0.717, 1.165) is 6.42 Å². The average molecular weight is 185 g/mol. The number of carboxylic acid groups (broad SMARTS) is 1. The highest BCUT2D eigenvalue weighted by molar-refractivity contribution is 5.66. The van der Waals surface area contributed by atoms with Gasteiger partial charge in [-0.15, -0.1) is 0 Å². The van der Waals surface area contributed by atoms with Gasteiger partial charge in [0.15, 0.2) is 0 Å². The summed E-state index contributed by atoms with van der Waals surface area (Å²) in [6, 6.07) is 0. The molecule has 76 valence electrons. The molecule has 1 heterocycles. The van der Waals surface area contributed by atoms with Gasteiger partial charge in [-0.1, -0.05) is 13.8 Å². The van der Waals surface area contributed by atoms with Crippen molar-refractivity contribution in [2.45, 2.75) is 39.7 Å². The molecule has 13 heavy (non-hydrogen) atoms. The van der Waals surface area contributed by atoms with E-state index in [-0.39, 0.29) is 5.54 Å². The minimum Gasteiger partial charge on any atom is -0.465 e. The van der Waals surface area contributed by atoms with E-state index in [1.165, 1.54) is 0 Å². The molecule has 0 saturated carbocycles. The predicted octanol–water partition coefficient (Wildman–Crippen LogP) is 2.42. The van der Waals surface area contributed by atoms with E-state index in [2.05, 4.69) is 13.8 Å². The van der Waals surface area contributed by atoms with Crippen LogP contribution >= 0.6 is 0 Å². The number of hydrogen-bond donors (Lipinski definition) is 1. The Balaban J connectivity index is 2.74. The molecule has 1 saturated heterocycles. The van der Waals surface area contributed by atoms with Crippen molar-refractivity contribution in [3.63, 3.8) is 0 Å². The highest BCUT2D eigenvalue weighted by atomic mass is 16.4. The molecule has 1 aliphatic heterocycles. The number of rotatable bonds is 1. The molecule has 1 amide bonds. The molecule has 1 N–H and O–H groups in total. The lowest BCUT2D eigenvalue weighted by molar-refractivity contribution is 0.116. The fraction of sp³-hybridized carbons (Fsp3) is 0.900. The Morgan fingerprint density at radius 1 is 1.54 bits per heavy atom.